The van der Waals surface area contributed by atoms with Crippen molar-refractivity contribution in [2.75, 3.05) is 45.5 Å². The standard InChI is InChI=1S/C22H32N8O/c1-16(2)27(3)22(31)29-13-11-28(12-14-29)10-6-9-18-25-20(23)19-21(26-18)30(15-24-19)17-7-4-5-8-17/h15-17H,4-5,7-8,10-14H2,1-3H3,(H2,23,25,26). The number of imidazole rings is 1. The van der Waals surface area contributed by atoms with E-state index in [2.05, 4.69) is 36.3 Å². The van der Waals surface area contributed by atoms with E-state index in [0.29, 0.717) is 42.8 Å². The molecule has 3 heterocycles. The van der Waals surface area contributed by atoms with Gasteiger partial charge in [0, 0.05) is 45.3 Å². The van der Waals surface area contributed by atoms with Crippen LogP contribution >= 0.6 is 0 Å². The number of rotatable bonds is 3. The molecule has 2 aromatic heterocycles. The third-order valence-electron chi connectivity index (χ3n) is 6.39. The van der Waals surface area contributed by atoms with Gasteiger partial charge in [0.15, 0.2) is 11.5 Å². The van der Waals surface area contributed by atoms with E-state index in [0.717, 1.165) is 31.6 Å². The first kappa shape index (κ1) is 21.4. The summed E-state index contributed by atoms with van der Waals surface area (Å²) in [6.45, 7) is 7.71. The topological polar surface area (TPSA) is 96.4 Å². The molecule has 1 saturated carbocycles. The van der Waals surface area contributed by atoms with Crippen LogP contribution in [0.5, 0.6) is 0 Å². The normalized spacial score (nSPS) is 17.9. The number of nitrogen functional groups attached to an aromatic ring is 1. The minimum Gasteiger partial charge on any atom is -0.382 e. The smallest absolute Gasteiger partial charge is 0.320 e. The van der Waals surface area contributed by atoms with E-state index in [4.69, 9.17) is 5.73 Å². The third-order valence-corrected chi connectivity index (χ3v) is 6.39. The molecule has 1 aliphatic heterocycles. The lowest BCUT2D eigenvalue weighted by Gasteiger charge is -2.36. The summed E-state index contributed by atoms with van der Waals surface area (Å²) >= 11 is 0. The summed E-state index contributed by atoms with van der Waals surface area (Å²) in [4.78, 5) is 31.8. The number of aromatic nitrogens is 4. The van der Waals surface area contributed by atoms with Crippen LogP contribution in [0.4, 0.5) is 10.6 Å². The van der Waals surface area contributed by atoms with Crippen molar-refractivity contribution in [1.29, 1.82) is 0 Å². The molecule has 2 N–H and O–H groups in total. The molecule has 0 atom stereocenters. The second-order valence-corrected chi connectivity index (χ2v) is 8.75. The molecule has 166 valence electrons. The summed E-state index contributed by atoms with van der Waals surface area (Å²) in [5.74, 6) is 7.08. The van der Waals surface area contributed by atoms with Crippen LogP contribution in [0.2, 0.25) is 0 Å². The van der Waals surface area contributed by atoms with Gasteiger partial charge < -0.3 is 20.1 Å². The Morgan fingerprint density at radius 2 is 1.94 bits per heavy atom. The molecule has 2 amide bonds. The number of hydrogen-bond donors (Lipinski definition) is 1. The molecular formula is C22H32N8O. The maximum Gasteiger partial charge on any atom is 0.320 e. The first-order valence-corrected chi connectivity index (χ1v) is 11.2. The Bertz CT molecular complexity index is 990. The van der Waals surface area contributed by atoms with Gasteiger partial charge in [-0.2, -0.15) is 0 Å². The van der Waals surface area contributed by atoms with Crippen LogP contribution in [0.25, 0.3) is 11.2 Å². The van der Waals surface area contributed by atoms with Crippen LogP contribution in [0.3, 0.4) is 0 Å². The second-order valence-electron chi connectivity index (χ2n) is 8.75. The zero-order valence-corrected chi connectivity index (χ0v) is 18.7. The predicted molar refractivity (Wildman–Crippen MR) is 120 cm³/mol. The van der Waals surface area contributed by atoms with Gasteiger partial charge in [-0.05, 0) is 32.6 Å². The SMILES string of the molecule is CC(C)N(C)C(=O)N1CCN(CC#Cc2nc(N)c3ncn(C4CCCC4)c3n2)CC1. The van der Waals surface area contributed by atoms with Crippen LogP contribution in [-0.2, 0) is 0 Å². The van der Waals surface area contributed by atoms with Gasteiger partial charge in [-0.25, -0.2) is 19.7 Å². The fourth-order valence-corrected chi connectivity index (χ4v) is 4.22. The first-order chi connectivity index (χ1) is 14.9. The summed E-state index contributed by atoms with van der Waals surface area (Å²) < 4.78 is 2.13. The van der Waals surface area contributed by atoms with Gasteiger partial charge in [0.2, 0.25) is 5.82 Å². The monoisotopic (exact) mass is 424 g/mol. The predicted octanol–water partition coefficient (Wildman–Crippen LogP) is 1.95. The number of piperazine rings is 1. The van der Waals surface area contributed by atoms with Crippen molar-refractivity contribution in [1.82, 2.24) is 34.2 Å². The van der Waals surface area contributed by atoms with Crippen molar-refractivity contribution in [3.05, 3.63) is 12.2 Å². The van der Waals surface area contributed by atoms with Gasteiger partial charge in [-0.3, -0.25) is 4.90 Å². The first-order valence-electron chi connectivity index (χ1n) is 11.2. The molecule has 1 aliphatic carbocycles. The molecule has 2 aliphatic rings. The number of urea groups is 1. The average Bonchev–Trinajstić information content (AvgIpc) is 3.43. The highest BCUT2D eigenvalue weighted by Crippen LogP contribution is 2.32. The van der Waals surface area contributed by atoms with Crippen molar-refractivity contribution < 1.29 is 4.79 Å². The van der Waals surface area contributed by atoms with E-state index in [1.807, 2.05) is 32.1 Å². The number of nitrogens with zero attached hydrogens (tertiary/aromatic N) is 7. The average molecular weight is 425 g/mol. The van der Waals surface area contributed by atoms with E-state index in [9.17, 15) is 4.79 Å². The van der Waals surface area contributed by atoms with Crippen molar-refractivity contribution in [3.63, 3.8) is 0 Å². The molecule has 4 rings (SSSR count). The quantitative estimate of drug-likeness (QED) is 0.757. The summed E-state index contributed by atoms with van der Waals surface area (Å²) in [5.41, 5.74) is 7.57. The van der Waals surface area contributed by atoms with Gasteiger partial charge in [0.1, 0.15) is 5.52 Å². The van der Waals surface area contributed by atoms with Crippen LogP contribution in [0.1, 0.15) is 51.4 Å². The van der Waals surface area contributed by atoms with Gasteiger partial charge >= 0.3 is 6.03 Å². The molecule has 0 aromatic carbocycles. The molecule has 0 spiro atoms. The van der Waals surface area contributed by atoms with Crippen LogP contribution < -0.4 is 5.73 Å². The molecule has 1 saturated heterocycles. The lowest BCUT2D eigenvalue weighted by Crippen LogP contribution is -2.53. The number of carbonyl (C=O) groups is 1. The Morgan fingerprint density at radius 3 is 2.61 bits per heavy atom. The molecule has 2 aromatic rings. The van der Waals surface area contributed by atoms with Crippen LogP contribution in [0.15, 0.2) is 6.33 Å². The molecule has 2 fully saturated rings. The highest BCUT2D eigenvalue weighted by atomic mass is 16.2. The lowest BCUT2D eigenvalue weighted by molar-refractivity contribution is 0.118. The largest absolute Gasteiger partial charge is 0.382 e. The summed E-state index contributed by atoms with van der Waals surface area (Å²) in [7, 11) is 1.85. The molecule has 0 unspecified atom stereocenters. The second kappa shape index (κ2) is 9.10. The Morgan fingerprint density at radius 1 is 1.23 bits per heavy atom. The molecular weight excluding hydrogens is 392 g/mol. The van der Waals surface area contributed by atoms with Crippen molar-refractivity contribution in [2.24, 2.45) is 0 Å². The summed E-state index contributed by atoms with van der Waals surface area (Å²) in [6.07, 6.45) is 6.62. The summed E-state index contributed by atoms with van der Waals surface area (Å²) in [6, 6.07) is 0.733. The Hall–Kier alpha value is -2.86. The Kier molecular flexibility index (Phi) is 6.28. The third kappa shape index (κ3) is 4.59. The zero-order chi connectivity index (χ0) is 22.0. The zero-order valence-electron chi connectivity index (χ0n) is 18.7. The number of anilines is 1. The van der Waals surface area contributed by atoms with Crippen LogP contribution in [-0.4, -0.2) is 86.1 Å². The minimum absolute atomic E-state index is 0.0942. The molecule has 9 heteroatoms. The number of nitrogens with two attached hydrogens (primary N) is 1. The number of amides is 2. The fraction of sp³-hybridized carbons (Fsp3) is 0.636. The minimum atomic E-state index is 0.0942. The molecule has 0 radical (unpaired) electrons. The van der Waals surface area contributed by atoms with Gasteiger partial charge in [-0.1, -0.05) is 18.8 Å². The number of carbonyl (C=O) groups excluding carboxylic acids is 1. The molecule has 0 bridgehead atoms. The maximum atomic E-state index is 12.5. The highest BCUT2D eigenvalue weighted by Gasteiger charge is 2.24. The van der Waals surface area contributed by atoms with Gasteiger partial charge in [-0.15, -0.1) is 0 Å². The number of hydrogen-bond acceptors (Lipinski definition) is 6. The van der Waals surface area contributed by atoms with Gasteiger partial charge in [0.25, 0.3) is 0 Å². The maximum absolute atomic E-state index is 12.5. The molecule has 31 heavy (non-hydrogen) atoms. The van der Waals surface area contributed by atoms with Gasteiger partial charge in [0.05, 0.1) is 12.9 Å². The number of fused-ring (bicyclic) bond motifs is 1. The van der Waals surface area contributed by atoms with Crippen molar-refractivity contribution >= 4 is 23.0 Å². The van der Waals surface area contributed by atoms with E-state index < -0.39 is 0 Å². The molecule has 9 nitrogen and oxygen atoms in total. The van der Waals surface area contributed by atoms with Crippen molar-refractivity contribution in [3.8, 4) is 11.8 Å². The van der Waals surface area contributed by atoms with Crippen molar-refractivity contribution in [2.45, 2.75) is 51.6 Å². The highest BCUT2D eigenvalue weighted by molar-refractivity contribution is 5.82. The Balaban J connectivity index is 1.38. The Labute approximate surface area is 183 Å². The van der Waals surface area contributed by atoms with E-state index in [-0.39, 0.29) is 12.1 Å². The van der Waals surface area contributed by atoms with E-state index in [1.54, 1.807) is 4.90 Å². The van der Waals surface area contributed by atoms with Crippen LogP contribution in [0, 0.1) is 11.8 Å². The summed E-state index contributed by atoms with van der Waals surface area (Å²) in [5, 5.41) is 0. The van der Waals surface area contributed by atoms with E-state index in [1.165, 1.54) is 12.8 Å². The lowest BCUT2D eigenvalue weighted by atomic mass is 10.2. The van der Waals surface area contributed by atoms with E-state index >= 15 is 0 Å². The fourth-order valence-electron chi connectivity index (χ4n) is 4.22.